The summed E-state index contributed by atoms with van der Waals surface area (Å²) in [5.41, 5.74) is 1.45. The predicted molar refractivity (Wildman–Crippen MR) is 64.2 cm³/mol. The van der Waals surface area contributed by atoms with Gasteiger partial charge in [0.15, 0.2) is 5.76 Å². The molecule has 2 N–H and O–H groups in total. The van der Waals surface area contributed by atoms with Gasteiger partial charge in [-0.05, 0) is 49.7 Å². The molecule has 0 unspecified atom stereocenters. The molecule has 4 heteroatoms. The van der Waals surface area contributed by atoms with Crippen molar-refractivity contribution < 1.29 is 14.3 Å². The van der Waals surface area contributed by atoms with Crippen molar-refractivity contribution in [2.45, 2.75) is 13.8 Å². The van der Waals surface area contributed by atoms with E-state index in [1.54, 1.807) is 31.2 Å². The number of carbonyl (C=O) groups excluding carboxylic acids is 1. The van der Waals surface area contributed by atoms with Gasteiger partial charge in [0.25, 0.3) is 5.91 Å². The zero-order valence-corrected chi connectivity index (χ0v) is 9.65. The number of phenols is 1. The molecule has 17 heavy (non-hydrogen) atoms. The van der Waals surface area contributed by atoms with E-state index in [-0.39, 0.29) is 17.4 Å². The topological polar surface area (TPSA) is 62.5 Å². The molecule has 2 rings (SSSR count). The molecular formula is C13H13NO3. The summed E-state index contributed by atoms with van der Waals surface area (Å²) in [4.78, 5) is 11.8. The van der Waals surface area contributed by atoms with Gasteiger partial charge in [-0.15, -0.1) is 0 Å². The fourth-order valence-corrected chi connectivity index (χ4v) is 1.53. The fourth-order valence-electron chi connectivity index (χ4n) is 1.53. The van der Waals surface area contributed by atoms with Crippen molar-refractivity contribution in [3.8, 4) is 5.75 Å². The van der Waals surface area contributed by atoms with Gasteiger partial charge in [-0.25, -0.2) is 0 Å². The van der Waals surface area contributed by atoms with Crippen LogP contribution in [-0.2, 0) is 0 Å². The minimum absolute atomic E-state index is 0.175. The third-order valence-electron chi connectivity index (χ3n) is 2.42. The maximum absolute atomic E-state index is 11.8. The molecule has 0 aliphatic heterocycles. The van der Waals surface area contributed by atoms with Crippen molar-refractivity contribution in [2.24, 2.45) is 0 Å². The Bertz CT molecular complexity index is 558. The Hall–Kier alpha value is -2.23. The van der Waals surface area contributed by atoms with E-state index in [9.17, 15) is 9.90 Å². The Kier molecular flexibility index (Phi) is 2.87. The molecule has 4 nitrogen and oxygen atoms in total. The molecule has 1 amide bonds. The number of carbonyl (C=O) groups is 1. The molecule has 0 atom stereocenters. The Balaban J connectivity index is 2.18. The van der Waals surface area contributed by atoms with Crippen LogP contribution in [0.4, 0.5) is 5.69 Å². The van der Waals surface area contributed by atoms with Crippen LogP contribution in [0.1, 0.15) is 21.9 Å². The normalized spacial score (nSPS) is 10.2. The number of aryl methyl sites for hydroxylation is 2. The minimum atomic E-state index is -0.299. The number of phenolic OH excluding ortho intramolecular Hbond substituents is 1. The summed E-state index contributed by atoms with van der Waals surface area (Å²) in [5.74, 6) is 0.841. The van der Waals surface area contributed by atoms with E-state index in [1.165, 1.54) is 6.07 Å². The number of nitrogens with one attached hydrogen (secondary N) is 1. The fraction of sp³-hybridized carbons (Fsp3) is 0.154. The summed E-state index contributed by atoms with van der Waals surface area (Å²) in [6, 6.07) is 8.12. The van der Waals surface area contributed by atoms with Gasteiger partial charge in [-0.1, -0.05) is 0 Å². The number of rotatable bonds is 2. The van der Waals surface area contributed by atoms with E-state index in [4.69, 9.17) is 4.42 Å². The molecule has 0 spiro atoms. The molecule has 0 fully saturated rings. The van der Waals surface area contributed by atoms with Crippen molar-refractivity contribution in [3.05, 3.63) is 47.4 Å². The van der Waals surface area contributed by atoms with Crippen LogP contribution in [0, 0.1) is 13.8 Å². The molecule has 88 valence electrons. The Morgan fingerprint density at radius 3 is 2.59 bits per heavy atom. The van der Waals surface area contributed by atoms with Crippen molar-refractivity contribution in [2.75, 3.05) is 5.32 Å². The summed E-state index contributed by atoms with van der Waals surface area (Å²) in [5, 5.41) is 12.0. The van der Waals surface area contributed by atoms with Gasteiger partial charge >= 0.3 is 0 Å². The molecular weight excluding hydrogens is 218 g/mol. The van der Waals surface area contributed by atoms with Crippen molar-refractivity contribution in [3.63, 3.8) is 0 Å². The number of hydrogen-bond donors (Lipinski definition) is 2. The highest BCUT2D eigenvalue weighted by Gasteiger charge is 2.11. The van der Waals surface area contributed by atoms with Crippen LogP contribution < -0.4 is 5.32 Å². The second-order valence-corrected chi connectivity index (χ2v) is 3.86. The smallest absolute Gasteiger partial charge is 0.291 e. The Morgan fingerprint density at radius 2 is 2.00 bits per heavy atom. The third kappa shape index (κ3) is 2.47. The first-order chi connectivity index (χ1) is 8.06. The quantitative estimate of drug-likeness (QED) is 0.781. The molecule has 0 aliphatic carbocycles. The van der Waals surface area contributed by atoms with E-state index in [1.807, 2.05) is 6.92 Å². The van der Waals surface area contributed by atoms with Crippen molar-refractivity contribution in [1.82, 2.24) is 0 Å². The molecule has 0 radical (unpaired) electrons. The highest BCUT2D eigenvalue weighted by molar-refractivity contribution is 6.02. The first-order valence-electron chi connectivity index (χ1n) is 5.23. The predicted octanol–water partition coefficient (Wildman–Crippen LogP) is 2.85. The van der Waals surface area contributed by atoms with Crippen LogP contribution in [0.3, 0.4) is 0 Å². The van der Waals surface area contributed by atoms with Crippen LogP contribution in [0.15, 0.2) is 34.7 Å². The lowest BCUT2D eigenvalue weighted by Crippen LogP contribution is -2.11. The number of aromatic hydroxyl groups is 1. The van der Waals surface area contributed by atoms with Gasteiger partial charge in [-0.3, -0.25) is 4.79 Å². The van der Waals surface area contributed by atoms with Gasteiger partial charge in [0.2, 0.25) is 0 Å². The average Bonchev–Trinajstić information content (AvgIpc) is 2.69. The second-order valence-electron chi connectivity index (χ2n) is 3.86. The largest absolute Gasteiger partial charge is 0.508 e. The van der Waals surface area contributed by atoms with E-state index in [0.717, 1.165) is 5.56 Å². The lowest BCUT2D eigenvalue weighted by atomic mass is 10.2. The summed E-state index contributed by atoms with van der Waals surface area (Å²) in [7, 11) is 0. The highest BCUT2D eigenvalue weighted by Crippen LogP contribution is 2.21. The summed E-state index contributed by atoms with van der Waals surface area (Å²) in [6.07, 6.45) is 0. The minimum Gasteiger partial charge on any atom is -0.508 e. The summed E-state index contributed by atoms with van der Waals surface area (Å²) in [6.45, 7) is 3.59. The Morgan fingerprint density at radius 1 is 1.24 bits per heavy atom. The first-order valence-corrected chi connectivity index (χ1v) is 5.23. The van der Waals surface area contributed by atoms with Gasteiger partial charge in [-0.2, -0.15) is 0 Å². The molecule has 2 aromatic rings. The Labute approximate surface area is 98.9 Å². The average molecular weight is 231 g/mol. The van der Waals surface area contributed by atoms with Gasteiger partial charge < -0.3 is 14.8 Å². The van der Waals surface area contributed by atoms with Crippen LogP contribution in [0.5, 0.6) is 5.75 Å². The van der Waals surface area contributed by atoms with Crippen LogP contribution in [-0.4, -0.2) is 11.0 Å². The SMILES string of the molecule is Cc1ccc(C(=O)Nc2ccc(O)cc2C)o1. The molecule has 0 saturated carbocycles. The monoisotopic (exact) mass is 231 g/mol. The number of amides is 1. The number of anilines is 1. The van der Waals surface area contributed by atoms with Crippen molar-refractivity contribution >= 4 is 11.6 Å². The van der Waals surface area contributed by atoms with E-state index < -0.39 is 0 Å². The van der Waals surface area contributed by atoms with E-state index >= 15 is 0 Å². The molecule has 1 aromatic carbocycles. The molecule has 0 aliphatic rings. The van der Waals surface area contributed by atoms with Gasteiger partial charge in [0, 0.05) is 5.69 Å². The third-order valence-corrected chi connectivity index (χ3v) is 2.42. The molecule has 1 aromatic heterocycles. The lowest BCUT2D eigenvalue weighted by Gasteiger charge is -2.07. The zero-order valence-electron chi connectivity index (χ0n) is 9.65. The highest BCUT2D eigenvalue weighted by atomic mass is 16.3. The lowest BCUT2D eigenvalue weighted by molar-refractivity contribution is 0.0995. The maximum Gasteiger partial charge on any atom is 0.291 e. The molecule has 0 bridgehead atoms. The molecule has 1 heterocycles. The van der Waals surface area contributed by atoms with E-state index in [0.29, 0.717) is 11.4 Å². The maximum atomic E-state index is 11.8. The number of hydrogen-bond acceptors (Lipinski definition) is 3. The van der Waals surface area contributed by atoms with Crippen LogP contribution >= 0.6 is 0 Å². The standard InChI is InChI=1S/C13H13NO3/c1-8-7-10(15)4-5-11(8)14-13(16)12-6-3-9(2)17-12/h3-7,15H,1-2H3,(H,14,16). The molecule has 0 saturated heterocycles. The van der Waals surface area contributed by atoms with Crippen molar-refractivity contribution in [1.29, 1.82) is 0 Å². The van der Waals surface area contributed by atoms with Crippen LogP contribution in [0.2, 0.25) is 0 Å². The van der Waals surface area contributed by atoms with Gasteiger partial charge in [0.05, 0.1) is 0 Å². The number of furan rings is 1. The zero-order chi connectivity index (χ0) is 12.4. The summed E-state index contributed by atoms with van der Waals surface area (Å²) < 4.78 is 5.22. The summed E-state index contributed by atoms with van der Waals surface area (Å²) >= 11 is 0. The number of benzene rings is 1. The second kappa shape index (κ2) is 4.33. The van der Waals surface area contributed by atoms with E-state index in [2.05, 4.69) is 5.32 Å². The van der Waals surface area contributed by atoms with Gasteiger partial charge in [0.1, 0.15) is 11.5 Å². The van der Waals surface area contributed by atoms with Crippen LogP contribution in [0.25, 0.3) is 0 Å². The first kappa shape index (κ1) is 11.3.